The molecule has 1 N–H and O–H groups in total. The molecule has 34 heavy (non-hydrogen) atoms. The van der Waals surface area contributed by atoms with Gasteiger partial charge in [-0.25, -0.2) is 9.97 Å². The van der Waals surface area contributed by atoms with E-state index >= 15 is 0 Å². The highest BCUT2D eigenvalue weighted by Crippen LogP contribution is 2.34. The summed E-state index contributed by atoms with van der Waals surface area (Å²) in [6.45, 7) is 10.8. The van der Waals surface area contributed by atoms with Crippen LogP contribution in [-0.4, -0.2) is 64.6 Å². The van der Waals surface area contributed by atoms with Gasteiger partial charge in [-0.15, -0.1) is 0 Å². The molecule has 9 heteroatoms. The van der Waals surface area contributed by atoms with E-state index in [1.165, 1.54) is 6.92 Å². The van der Waals surface area contributed by atoms with Crippen LogP contribution in [-0.2, 0) is 16.1 Å². The van der Waals surface area contributed by atoms with Crippen molar-refractivity contribution in [2.45, 2.75) is 58.7 Å². The third-order valence-corrected chi connectivity index (χ3v) is 6.52. The first-order chi connectivity index (χ1) is 16.1. The minimum atomic E-state index is -0.185. The molecule has 2 amide bonds. The lowest BCUT2D eigenvalue weighted by Gasteiger charge is -2.43. The molecule has 0 radical (unpaired) electrons. The average Bonchev–Trinajstić information content (AvgIpc) is 3.09. The molecule has 1 saturated heterocycles. The summed E-state index contributed by atoms with van der Waals surface area (Å²) in [6, 6.07) is 6.06. The smallest absolute Gasteiger partial charge is 0.254 e. The van der Waals surface area contributed by atoms with Gasteiger partial charge in [-0.1, -0.05) is 23.7 Å². The first-order valence-corrected chi connectivity index (χ1v) is 12.1. The monoisotopic (exact) mass is 485 g/mol. The molecule has 2 aliphatic heterocycles. The quantitative estimate of drug-likeness (QED) is 0.671. The van der Waals surface area contributed by atoms with E-state index < -0.39 is 0 Å². The van der Waals surface area contributed by atoms with E-state index in [2.05, 4.69) is 36.0 Å². The molecule has 0 bridgehead atoms. The maximum Gasteiger partial charge on any atom is 0.254 e. The molecule has 0 atom stereocenters. The SMILES string of the molecule is CC(=O)NCCN1Cc2ccc(-c3nc(N(C4CCOCC4)C(C)(C)C)ncc3Cl)cc2C1=O. The lowest BCUT2D eigenvalue weighted by molar-refractivity contribution is -0.119. The number of nitrogens with one attached hydrogen (secondary N) is 1. The van der Waals surface area contributed by atoms with Gasteiger partial charge in [0.05, 0.1) is 16.9 Å². The largest absolute Gasteiger partial charge is 0.381 e. The number of hydrogen-bond acceptors (Lipinski definition) is 6. The molecular formula is C25H32ClN5O3. The van der Waals surface area contributed by atoms with Crippen LogP contribution in [0.2, 0.25) is 5.02 Å². The van der Waals surface area contributed by atoms with Crippen LogP contribution < -0.4 is 10.2 Å². The van der Waals surface area contributed by atoms with E-state index in [-0.39, 0.29) is 23.4 Å². The number of carbonyl (C=O) groups is 2. The number of ether oxygens (including phenoxy) is 1. The van der Waals surface area contributed by atoms with Gasteiger partial charge >= 0.3 is 0 Å². The first kappa shape index (κ1) is 24.4. The van der Waals surface area contributed by atoms with E-state index in [9.17, 15) is 9.59 Å². The lowest BCUT2D eigenvalue weighted by Crippen LogP contribution is -2.51. The van der Waals surface area contributed by atoms with Crippen LogP contribution in [0.15, 0.2) is 24.4 Å². The van der Waals surface area contributed by atoms with E-state index in [1.807, 2.05) is 18.2 Å². The number of hydrogen-bond donors (Lipinski definition) is 1. The number of carbonyl (C=O) groups excluding carboxylic acids is 2. The standard InChI is InChI=1S/C25H32ClN5O3/c1-16(32)27-9-10-30-15-18-6-5-17(13-20(18)23(30)33)22-21(26)14-28-24(29-22)31(25(2,3)4)19-7-11-34-12-8-19/h5-6,13-14,19H,7-12,15H2,1-4H3,(H,27,32). The summed E-state index contributed by atoms with van der Waals surface area (Å²) in [6.07, 6.45) is 3.48. The van der Waals surface area contributed by atoms with Crippen molar-refractivity contribution < 1.29 is 14.3 Å². The fourth-order valence-electron chi connectivity index (χ4n) is 4.69. The van der Waals surface area contributed by atoms with Crippen molar-refractivity contribution in [3.8, 4) is 11.3 Å². The topological polar surface area (TPSA) is 87.7 Å². The molecular weight excluding hydrogens is 454 g/mol. The molecule has 0 saturated carbocycles. The predicted molar refractivity (Wildman–Crippen MR) is 132 cm³/mol. The Morgan fingerprint density at radius 2 is 2.03 bits per heavy atom. The number of anilines is 1. The molecule has 2 aromatic rings. The number of halogens is 1. The van der Waals surface area contributed by atoms with Crippen LogP contribution in [0.25, 0.3) is 11.3 Å². The van der Waals surface area contributed by atoms with Crippen molar-refractivity contribution >= 4 is 29.4 Å². The Kier molecular flexibility index (Phi) is 7.09. The highest BCUT2D eigenvalue weighted by molar-refractivity contribution is 6.33. The zero-order chi connectivity index (χ0) is 24.5. The fraction of sp³-hybridized carbons (Fsp3) is 0.520. The number of nitrogens with zero attached hydrogens (tertiary/aromatic N) is 4. The predicted octanol–water partition coefficient (Wildman–Crippen LogP) is 3.67. The van der Waals surface area contributed by atoms with Crippen molar-refractivity contribution in [3.63, 3.8) is 0 Å². The van der Waals surface area contributed by atoms with Gasteiger partial charge < -0.3 is 19.9 Å². The van der Waals surface area contributed by atoms with Crippen LogP contribution in [0.3, 0.4) is 0 Å². The molecule has 8 nitrogen and oxygen atoms in total. The molecule has 2 aliphatic rings. The summed E-state index contributed by atoms with van der Waals surface area (Å²) >= 11 is 6.55. The van der Waals surface area contributed by atoms with Gasteiger partial charge in [-0.05, 0) is 45.2 Å². The van der Waals surface area contributed by atoms with Crippen molar-refractivity contribution in [2.75, 3.05) is 31.2 Å². The number of benzene rings is 1. The van der Waals surface area contributed by atoms with Gasteiger partial charge in [-0.2, -0.15) is 0 Å². The number of rotatable bonds is 6. The van der Waals surface area contributed by atoms with E-state index in [0.717, 1.165) is 37.2 Å². The summed E-state index contributed by atoms with van der Waals surface area (Å²) in [7, 11) is 0. The average molecular weight is 486 g/mol. The third-order valence-electron chi connectivity index (χ3n) is 6.24. The number of fused-ring (bicyclic) bond motifs is 1. The number of aromatic nitrogens is 2. The molecule has 0 aliphatic carbocycles. The third kappa shape index (κ3) is 5.18. The Hall–Kier alpha value is -2.71. The van der Waals surface area contributed by atoms with E-state index in [1.54, 1.807) is 11.1 Å². The van der Waals surface area contributed by atoms with Crippen LogP contribution >= 0.6 is 11.6 Å². The Morgan fingerprint density at radius 1 is 1.29 bits per heavy atom. The second-order valence-electron chi connectivity index (χ2n) is 9.83. The number of amides is 2. The van der Waals surface area contributed by atoms with E-state index in [4.69, 9.17) is 21.3 Å². The molecule has 1 fully saturated rings. The zero-order valence-electron chi connectivity index (χ0n) is 20.2. The normalized spacial score (nSPS) is 16.5. The van der Waals surface area contributed by atoms with Gasteiger partial charge in [0.25, 0.3) is 5.91 Å². The summed E-state index contributed by atoms with van der Waals surface area (Å²) in [5, 5.41) is 3.18. The second kappa shape index (κ2) is 9.88. The second-order valence-corrected chi connectivity index (χ2v) is 10.2. The molecule has 0 spiro atoms. The lowest BCUT2D eigenvalue weighted by atomic mass is 9.98. The maximum absolute atomic E-state index is 13.0. The Morgan fingerprint density at radius 3 is 2.71 bits per heavy atom. The molecule has 1 aromatic heterocycles. The summed E-state index contributed by atoms with van der Waals surface area (Å²) in [5.41, 5.74) is 2.81. The summed E-state index contributed by atoms with van der Waals surface area (Å²) in [5.74, 6) is 0.472. The minimum absolute atomic E-state index is 0.0499. The molecule has 0 unspecified atom stereocenters. The Balaban J connectivity index is 1.62. The fourth-order valence-corrected chi connectivity index (χ4v) is 4.89. The van der Waals surface area contributed by atoms with Crippen LogP contribution in [0.4, 0.5) is 5.95 Å². The van der Waals surface area contributed by atoms with Crippen LogP contribution in [0.5, 0.6) is 0 Å². The van der Waals surface area contributed by atoms with Gasteiger partial charge in [0.2, 0.25) is 11.9 Å². The summed E-state index contributed by atoms with van der Waals surface area (Å²) < 4.78 is 5.56. The van der Waals surface area contributed by atoms with Crippen LogP contribution in [0, 0.1) is 0 Å². The maximum atomic E-state index is 13.0. The van der Waals surface area contributed by atoms with Gasteiger partial charge in [0.15, 0.2) is 0 Å². The highest BCUT2D eigenvalue weighted by atomic mass is 35.5. The van der Waals surface area contributed by atoms with Crippen molar-refractivity contribution in [1.82, 2.24) is 20.2 Å². The Labute approximate surface area is 205 Å². The Bertz CT molecular complexity index is 1080. The van der Waals surface area contributed by atoms with E-state index in [0.29, 0.717) is 41.9 Å². The van der Waals surface area contributed by atoms with Gasteiger partial charge in [0, 0.05) is 62.5 Å². The molecule has 4 rings (SSSR count). The van der Waals surface area contributed by atoms with Crippen molar-refractivity contribution in [1.29, 1.82) is 0 Å². The first-order valence-electron chi connectivity index (χ1n) is 11.7. The van der Waals surface area contributed by atoms with Gasteiger partial charge in [0.1, 0.15) is 0 Å². The molecule has 182 valence electrons. The minimum Gasteiger partial charge on any atom is -0.381 e. The van der Waals surface area contributed by atoms with Crippen molar-refractivity contribution in [3.05, 3.63) is 40.5 Å². The summed E-state index contributed by atoms with van der Waals surface area (Å²) in [4.78, 5) is 37.6. The van der Waals surface area contributed by atoms with Crippen LogP contribution in [0.1, 0.15) is 56.5 Å². The van der Waals surface area contributed by atoms with Gasteiger partial charge in [-0.3, -0.25) is 9.59 Å². The molecule has 3 heterocycles. The van der Waals surface area contributed by atoms with Crippen molar-refractivity contribution in [2.24, 2.45) is 0 Å². The zero-order valence-corrected chi connectivity index (χ0v) is 21.0. The molecule has 1 aromatic carbocycles. The highest BCUT2D eigenvalue weighted by Gasteiger charge is 2.33.